The minimum Gasteiger partial charge on any atom is -0.348 e. The zero-order chi connectivity index (χ0) is 15.4. The van der Waals surface area contributed by atoms with Gasteiger partial charge in [-0.15, -0.1) is 0 Å². The summed E-state index contributed by atoms with van der Waals surface area (Å²) in [6.07, 6.45) is 8.79. The van der Waals surface area contributed by atoms with Crippen LogP contribution in [0.3, 0.4) is 0 Å². The molecule has 1 atom stereocenters. The van der Waals surface area contributed by atoms with Crippen LogP contribution in [0.4, 0.5) is 0 Å². The lowest BCUT2D eigenvalue weighted by Crippen LogP contribution is -2.40. The number of likely N-dealkylation sites (tertiary alicyclic amines) is 1. The molecule has 3 nitrogen and oxygen atoms in total. The highest BCUT2D eigenvalue weighted by Gasteiger charge is 2.17. The summed E-state index contributed by atoms with van der Waals surface area (Å²) in [4.78, 5) is 14.5. The Morgan fingerprint density at radius 3 is 2.59 bits per heavy atom. The monoisotopic (exact) mass is 300 g/mol. The number of benzene rings is 1. The summed E-state index contributed by atoms with van der Waals surface area (Å²) in [6.45, 7) is 4.79. The Morgan fingerprint density at radius 1 is 1.09 bits per heavy atom. The third kappa shape index (κ3) is 3.89. The minimum absolute atomic E-state index is 0.101. The molecule has 3 rings (SSSR count). The molecule has 1 aromatic rings. The molecule has 0 saturated carbocycles. The molecule has 1 aromatic carbocycles. The van der Waals surface area contributed by atoms with Crippen LogP contribution in [0.1, 0.15) is 61.8 Å². The zero-order valence-electron chi connectivity index (χ0n) is 13.7. The van der Waals surface area contributed by atoms with E-state index < -0.39 is 0 Å². The zero-order valence-corrected chi connectivity index (χ0v) is 13.7. The Balaban J connectivity index is 1.56. The molecule has 1 aliphatic carbocycles. The SMILES string of the molecule is CC(NC(=O)CN1CCCCC1)c1ccc2c(c1)CCCC2. The lowest BCUT2D eigenvalue weighted by molar-refractivity contribution is -0.123. The number of hydrogen-bond acceptors (Lipinski definition) is 2. The second kappa shape index (κ2) is 7.28. The van der Waals surface area contributed by atoms with Crippen LogP contribution in [0.15, 0.2) is 18.2 Å². The second-order valence-electron chi connectivity index (χ2n) is 6.86. The van der Waals surface area contributed by atoms with Gasteiger partial charge in [0.1, 0.15) is 0 Å². The summed E-state index contributed by atoms with van der Waals surface area (Å²) in [7, 11) is 0. The fourth-order valence-corrected chi connectivity index (χ4v) is 3.71. The number of nitrogens with zero attached hydrogens (tertiary/aromatic N) is 1. The van der Waals surface area contributed by atoms with E-state index in [1.54, 1.807) is 0 Å². The molecule has 0 bridgehead atoms. The van der Waals surface area contributed by atoms with Crippen molar-refractivity contribution >= 4 is 5.91 Å². The number of amides is 1. The standard InChI is InChI=1S/C19H28N2O/c1-15(20-19(22)14-21-11-5-2-6-12-21)17-10-9-16-7-3-4-8-18(16)13-17/h9-10,13,15H,2-8,11-12,14H2,1H3,(H,20,22). The second-order valence-corrected chi connectivity index (χ2v) is 6.86. The fourth-order valence-electron chi connectivity index (χ4n) is 3.71. The Morgan fingerprint density at radius 2 is 1.82 bits per heavy atom. The average molecular weight is 300 g/mol. The van der Waals surface area contributed by atoms with Crippen LogP contribution in [0.2, 0.25) is 0 Å². The van der Waals surface area contributed by atoms with E-state index in [4.69, 9.17) is 0 Å². The van der Waals surface area contributed by atoms with E-state index in [1.807, 2.05) is 0 Å². The molecule has 1 fully saturated rings. The average Bonchev–Trinajstić information content (AvgIpc) is 2.55. The van der Waals surface area contributed by atoms with Crippen LogP contribution in [-0.4, -0.2) is 30.4 Å². The topological polar surface area (TPSA) is 32.3 Å². The number of piperidine rings is 1. The molecule has 1 N–H and O–H groups in total. The molecule has 0 spiro atoms. The molecule has 3 heteroatoms. The largest absolute Gasteiger partial charge is 0.348 e. The molecule has 0 radical (unpaired) electrons. The molecule has 1 aliphatic heterocycles. The Kier molecular flexibility index (Phi) is 5.14. The molecule has 120 valence electrons. The Bertz CT molecular complexity index is 520. The van der Waals surface area contributed by atoms with Crippen LogP contribution >= 0.6 is 0 Å². The first kappa shape index (κ1) is 15.5. The van der Waals surface area contributed by atoms with Crippen molar-refractivity contribution in [2.75, 3.05) is 19.6 Å². The smallest absolute Gasteiger partial charge is 0.234 e. The van der Waals surface area contributed by atoms with E-state index in [0.29, 0.717) is 6.54 Å². The van der Waals surface area contributed by atoms with Crippen molar-refractivity contribution < 1.29 is 4.79 Å². The minimum atomic E-state index is 0.101. The van der Waals surface area contributed by atoms with Gasteiger partial charge in [0.2, 0.25) is 5.91 Å². The van der Waals surface area contributed by atoms with Crippen molar-refractivity contribution in [3.8, 4) is 0 Å². The van der Waals surface area contributed by atoms with E-state index in [9.17, 15) is 4.79 Å². The van der Waals surface area contributed by atoms with Crippen LogP contribution in [0.25, 0.3) is 0 Å². The third-order valence-corrected chi connectivity index (χ3v) is 5.07. The van der Waals surface area contributed by atoms with Gasteiger partial charge in [-0.25, -0.2) is 0 Å². The maximum Gasteiger partial charge on any atom is 0.234 e. The number of nitrogens with one attached hydrogen (secondary N) is 1. The van der Waals surface area contributed by atoms with E-state index in [0.717, 1.165) is 13.1 Å². The van der Waals surface area contributed by atoms with Gasteiger partial charge < -0.3 is 5.32 Å². The summed E-state index contributed by atoms with van der Waals surface area (Å²) in [5, 5.41) is 3.17. The fraction of sp³-hybridized carbons (Fsp3) is 0.632. The van der Waals surface area contributed by atoms with Crippen molar-refractivity contribution in [3.05, 3.63) is 34.9 Å². The number of carbonyl (C=O) groups excluding carboxylic acids is 1. The van der Waals surface area contributed by atoms with Gasteiger partial charge in [-0.2, -0.15) is 0 Å². The molecule has 22 heavy (non-hydrogen) atoms. The van der Waals surface area contributed by atoms with Gasteiger partial charge in [-0.05, 0) is 75.2 Å². The lowest BCUT2D eigenvalue weighted by Gasteiger charge is -2.26. The number of fused-ring (bicyclic) bond motifs is 1. The maximum absolute atomic E-state index is 12.2. The Hall–Kier alpha value is -1.35. The normalized spacial score (nSPS) is 20.2. The first-order chi connectivity index (χ1) is 10.7. The summed E-state index contributed by atoms with van der Waals surface area (Å²) >= 11 is 0. The highest BCUT2D eigenvalue weighted by Crippen LogP contribution is 2.24. The number of hydrogen-bond donors (Lipinski definition) is 1. The molecular weight excluding hydrogens is 272 g/mol. The molecule has 1 saturated heterocycles. The van der Waals surface area contributed by atoms with E-state index in [2.05, 4.69) is 35.3 Å². The van der Waals surface area contributed by atoms with Crippen LogP contribution in [-0.2, 0) is 17.6 Å². The van der Waals surface area contributed by atoms with E-state index in [-0.39, 0.29) is 11.9 Å². The first-order valence-electron chi connectivity index (χ1n) is 8.86. The van der Waals surface area contributed by atoms with Gasteiger partial charge in [-0.1, -0.05) is 24.6 Å². The van der Waals surface area contributed by atoms with Gasteiger partial charge in [0.05, 0.1) is 12.6 Å². The molecule has 0 aromatic heterocycles. The van der Waals surface area contributed by atoms with E-state index >= 15 is 0 Å². The van der Waals surface area contributed by atoms with Crippen molar-refractivity contribution in [3.63, 3.8) is 0 Å². The summed E-state index contributed by atoms with van der Waals surface area (Å²) < 4.78 is 0. The van der Waals surface area contributed by atoms with Crippen molar-refractivity contribution in [2.45, 2.75) is 57.9 Å². The third-order valence-electron chi connectivity index (χ3n) is 5.07. The molecular formula is C19H28N2O. The maximum atomic E-state index is 12.2. The van der Waals surface area contributed by atoms with Crippen molar-refractivity contribution in [1.29, 1.82) is 0 Å². The summed E-state index contributed by atoms with van der Waals surface area (Å²) in [5.74, 6) is 0.159. The van der Waals surface area contributed by atoms with Gasteiger partial charge in [-0.3, -0.25) is 9.69 Å². The molecule has 1 unspecified atom stereocenters. The van der Waals surface area contributed by atoms with Crippen LogP contribution in [0, 0.1) is 0 Å². The molecule has 2 aliphatic rings. The van der Waals surface area contributed by atoms with Gasteiger partial charge >= 0.3 is 0 Å². The van der Waals surface area contributed by atoms with Crippen molar-refractivity contribution in [1.82, 2.24) is 10.2 Å². The Labute approximate surface area is 134 Å². The number of rotatable bonds is 4. The first-order valence-corrected chi connectivity index (χ1v) is 8.86. The predicted octanol–water partition coefficient (Wildman–Crippen LogP) is 3.23. The quantitative estimate of drug-likeness (QED) is 0.926. The summed E-state index contributed by atoms with van der Waals surface area (Å²) in [6, 6.07) is 6.86. The van der Waals surface area contributed by atoms with Crippen LogP contribution in [0.5, 0.6) is 0 Å². The van der Waals surface area contributed by atoms with Crippen molar-refractivity contribution in [2.24, 2.45) is 0 Å². The number of aryl methyl sites for hydroxylation is 2. The van der Waals surface area contributed by atoms with Crippen LogP contribution < -0.4 is 5.32 Å². The summed E-state index contributed by atoms with van der Waals surface area (Å²) in [5.41, 5.74) is 4.23. The molecule has 1 heterocycles. The van der Waals surface area contributed by atoms with Gasteiger partial charge in [0.25, 0.3) is 0 Å². The highest BCUT2D eigenvalue weighted by molar-refractivity contribution is 5.78. The number of carbonyl (C=O) groups is 1. The van der Waals surface area contributed by atoms with Gasteiger partial charge in [0, 0.05) is 0 Å². The lowest BCUT2D eigenvalue weighted by atomic mass is 9.89. The van der Waals surface area contributed by atoms with E-state index in [1.165, 1.54) is 61.6 Å². The predicted molar refractivity (Wildman–Crippen MR) is 89.9 cm³/mol. The van der Waals surface area contributed by atoms with Gasteiger partial charge in [0.15, 0.2) is 0 Å². The highest BCUT2D eigenvalue weighted by atomic mass is 16.2. The molecule has 1 amide bonds.